The topological polar surface area (TPSA) is 4.93 Å². The molecule has 1 heterocycles. The van der Waals surface area contributed by atoms with Crippen molar-refractivity contribution >= 4 is 21.8 Å². The van der Waals surface area contributed by atoms with Crippen LogP contribution in [-0.4, -0.2) is 4.57 Å². The number of hydrogen-bond donors (Lipinski definition) is 0. The lowest BCUT2D eigenvalue weighted by Crippen LogP contribution is -1.93. The summed E-state index contributed by atoms with van der Waals surface area (Å²) in [4.78, 5) is 0. The van der Waals surface area contributed by atoms with E-state index in [1.165, 1.54) is 55.3 Å². The van der Waals surface area contributed by atoms with Gasteiger partial charge in [-0.05, 0) is 65.1 Å². The maximum atomic E-state index is 2.38. The maximum absolute atomic E-state index is 2.38. The molecule has 0 N–H and O–H groups in total. The zero-order chi connectivity index (χ0) is 21.5. The Balaban J connectivity index is 1.61. The van der Waals surface area contributed by atoms with Crippen LogP contribution in [0.5, 0.6) is 0 Å². The Morgan fingerprint density at radius 2 is 1.12 bits per heavy atom. The van der Waals surface area contributed by atoms with E-state index in [0.717, 1.165) is 0 Å². The van der Waals surface area contributed by atoms with E-state index in [1.54, 1.807) is 0 Å². The minimum Gasteiger partial charge on any atom is -0.309 e. The summed E-state index contributed by atoms with van der Waals surface area (Å²) in [5.74, 6) is 0. The van der Waals surface area contributed by atoms with Crippen molar-refractivity contribution in [3.63, 3.8) is 0 Å². The quantitative estimate of drug-likeness (QED) is 0.276. The highest BCUT2D eigenvalue weighted by molar-refractivity contribution is 6.10. The summed E-state index contributed by atoms with van der Waals surface area (Å²) in [5.41, 5.74) is 9.95. The van der Waals surface area contributed by atoms with Crippen LogP contribution in [0.1, 0.15) is 5.56 Å². The smallest absolute Gasteiger partial charge is 0.0547 e. The molecule has 0 aliphatic rings. The van der Waals surface area contributed by atoms with Crippen LogP contribution in [0.2, 0.25) is 0 Å². The van der Waals surface area contributed by atoms with E-state index in [9.17, 15) is 0 Å². The molecule has 1 aromatic heterocycles. The summed E-state index contributed by atoms with van der Waals surface area (Å²) in [7, 11) is 0. The van der Waals surface area contributed by atoms with E-state index in [-0.39, 0.29) is 0 Å². The molecule has 32 heavy (non-hydrogen) atoms. The highest BCUT2D eigenvalue weighted by Crippen LogP contribution is 2.36. The van der Waals surface area contributed by atoms with Gasteiger partial charge in [-0.3, -0.25) is 0 Å². The Hall–Kier alpha value is -4.10. The summed E-state index contributed by atoms with van der Waals surface area (Å²) in [6.45, 7) is 2.20. The third-order valence-electron chi connectivity index (χ3n) is 6.34. The van der Waals surface area contributed by atoms with E-state index in [4.69, 9.17) is 0 Å². The van der Waals surface area contributed by atoms with Crippen molar-refractivity contribution < 1.29 is 0 Å². The number of rotatable bonds is 3. The lowest BCUT2D eigenvalue weighted by molar-refractivity contribution is 1.18. The molecule has 0 bridgehead atoms. The van der Waals surface area contributed by atoms with Crippen LogP contribution in [0, 0.1) is 6.92 Å². The molecule has 0 spiro atoms. The molecule has 0 unspecified atom stereocenters. The molecule has 0 amide bonds. The molecule has 0 atom stereocenters. The second-order valence-electron chi connectivity index (χ2n) is 8.32. The van der Waals surface area contributed by atoms with Gasteiger partial charge in [0.25, 0.3) is 0 Å². The van der Waals surface area contributed by atoms with Gasteiger partial charge < -0.3 is 4.57 Å². The van der Waals surface area contributed by atoms with Gasteiger partial charge in [0.15, 0.2) is 0 Å². The van der Waals surface area contributed by atoms with Crippen LogP contribution in [0.15, 0.2) is 121 Å². The molecule has 0 aliphatic heterocycles. The first-order valence-corrected chi connectivity index (χ1v) is 11.0. The monoisotopic (exact) mass is 409 g/mol. The van der Waals surface area contributed by atoms with Crippen LogP contribution >= 0.6 is 0 Å². The summed E-state index contributed by atoms with van der Waals surface area (Å²) in [5, 5.41) is 2.57. The van der Waals surface area contributed by atoms with Crippen molar-refractivity contribution in [3.8, 4) is 27.9 Å². The van der Waals surface area contributed by atoms with E-state index in [0.29, 0.717) is 0 Å². The van der Waals surface area contributed by atoms with Gasteiger partial charge in [-0.2, -0.15) is 0 Å². The van der Waals surface area contributed by atoms with E-state index in [1.807, 2.05) is 0 Å². The van der Waals surface area contributed by atoms with Crippen molar-refractivity contribution in [2.75, 3.05) is 0 Å². The molecule has 0 aliphatic carbocycles. The summed E-state index contributed by atoms with van der Waals surface area (Å²) in [6, 6.07) is 43.6. The van der Waals surface area contributed by atoms with Gasteiger partial charge in [0.1, 0.15) is 0 Å². The van der Waals surface area contributed by atoms with Gasteiger partial charge in [-0.15, -0.1) is 0 Å². The second-order valence-corrected chi connectivity index (χ2v) is 8.32. The molecule has 152 valence electrons. The number of fused-ring (bicyclic) bond motifs is 3. The first kappa shape index (κ1) is 18.7. The Bertz CT molecular complexity index is 1560. The molecule has 6 rings (SSSR count). The summed E-state index contributed by atoms with van der Waals surface area (Å²) >= 11 is 0. The van der Waals surface area contributed by atoms with Gasteiger partial charge in [0.2, 0.25) is 0 Å². The normalized spacial score (nSPS) is 11.3. The Kier molecular flexibility index (Phi) is 4.40. The molecule has 6 aromatic rings. The average Bonchev–Trinajstić information content (AvgIpc) is 3.19. The van der Waals surface area contributed by atoms with E-state index < -0.39 is 0 Å². The van der Waals surface area contributed by atoms with Crippen LogP contribution in [-0.2, 0) is 0 Å². The van der Waals surface area contributed by atoms with Gasteiger partial charge in [-0.1, -0.05) is 91.0 Å². The zero-order valence-corrected chi connectivity index (χ0v) is 18.0. The minimum absolute atomic E-state index is 1.19. The molecule has 0 fully saturated rings. The highest BCUT2D eigenvalue weighted by Gasteiger charge is 2.14. The van der Waals surface area contributed by atoms with Crippen molar-refractivity contribution in [1.29, 1.82) is 0 Å². The zero-order valence-electron chi connectivity index (χ0n) is 18.0. The number of hydrogen-bond acceptors (Lipinski definition) is 0. The first-order valence-electron chi connectivity index (χ1n) is 11.0. The van der Waals surface area contributed by atoms with Gasteiger partial charge >= 0.3 is 0 Å². The SMILES string of the molecule is Cc1ccc(-c2ccccc2)cc1-c1ccc2c3ccccc3n(-c3ccccc3)c2c1. The predicted octanol–water partition coefficient (Wildman–Crippen LogP) is 8.43. The first-order chi connectivity index (χ1) is 15.8. The fourth-order valence-electron chi connectivity index (χ4n) is 4.74. The predicted molar refractivity (Wildman–Crippen MR) is 136 cm³/mol. The fourth-order valence-corrected chi connectivity index (χ4v) is 4.74. The summed E-state index contributed by atoms with van der Waals surface area (Å²) < 4.78 is 2.38. The van der Waals surface area contributed by atoms with Gasteiger partial charge in [-0.25, -0.2) is 0 Å². The highest BCUT2D eigenvalue weighted by atomic mass is 15.0. The number of benzene rings is 5. The Morgan fingerprint density at radius 1 is 0.469 bits per heavy atom. The van der Waals surface area contributed by atoms with Crippen LogP contribution < -0.4 is 0 Å². The third kappa shape index (κ3) is 3.02. The second kappa shape index (κ2) is 7.55. The summed E-state index contributed by atoms with van der Waals surface area (Å²) in [6.07, 6.45) is 0. The fraction of sp³-hybridized carbons (Fsp3) is 0.0323. The molecular formula is C31H23N. The number of aromatic nitrogens is 1. The van der Waals surface area contributed by atoms with E-state index >= 15 is 0 Å². The largest absolute Gasteiger partial charge is 0.309 e. The van der Waals surface area contributed by atoms with Crippen molar-refractivity contribution in [1.82, 2.24) is 4.57 Å². The number of aryl methyl sites for hydroxylation is 1. The lowest BCUT2D eigenvalue weighted by Gasteiger charge is -2.12. The van der Waals surface area contributed by atoms with Gasteiger partial charge in [0.05, 0.1) is 11.0 Å². The van der Waals surface area contributed by atoms with Crippen LogP contribution in [0.4, 0.5) is 0 Å². The molecule has 1 nitrogen and oxygen atoms in total. The van der Waals surface area contributed by atoms with Crippen LogP contribution in [0.25, 0.3) is 49.7 Å². The van der Waals surface area contributed by atoms with Crippen molar-refractivity contribution in [2.45, 2.75) is 6.92 Å². The van der Waals surface area contributed by atoms with Gasteiger partial charge in [0, 0.05) is 16.5 Å². The minimum atomic E-state index is 1.19. The molecule has 0 saturated carbocycles. The molecule has 0 saturated heterocycles. The van der Waals surface area contributed by atoms with Crippen LogP contribution in [0.3, 0.4) is 0 Å². The molecular weight excluding hydrogens is 386 g/mol. The molecule has 0 radical (unpaired) electrons. The molecule has 5 aromatic carbocycles. The number of para-hydroxylation sites is 2. The standard InChI is InChI=1S/C31H23N/c1-22-16-17-24(23-10-4-2-5-11-23)20-29(22)25-18-19-28-27-14-8-9-15-30(27)32(31(28)21-25)26-12-6-3-7-13-26/h2-21H,1H3. The third-order valence-corrected chi connectivity index (χ3v) is 6.34. The Morgan fingerprint density at radius 3 is 1.94 bits per heavy atom. The Labute approximate surface area is 188 Å². The van der Waals surface area contributed by atoms with Crippen molar-refractivity contribution in [3.05, 3.63) is 127 Å². The van der Waals surface area contributed by atoms with E-state index in [2.05, 4.69) is 133 Å². The average molecular weight is 410 g/mol. The number of nitrogens with zero attached hydrogens (tertiary/aromatic N) is 1. The lowest BCUT2D eigenvalue weighted by atomic mass is 9.94. The van der Waals surface area contributed by atoms with Crippen molar-refractivity contribution in [2.24, 2.45) is 0 Å². The maximum Gasteiger partial charge on any atom is 0.0547 e. The molecule has 1 heteroatoms.